The molecular formula is C11H15N3O3S. The molecule has 2 amide bonds. The number of carbonyl (C=O) groups excluding carboxylic acids is 2. The van der Waals surface area contributed by atoms with E-state index in [4.69, 9.17) is 4.52 Å². The molecule has 98 valence electrons. The second-order valence-electron chi connectivity index (χ2n) is 4.05. The van der Waals surface area contributed by atoms with Crippen LogP contribution in [-0.2, 0) is 4.79 Å². The Balaban J connectivity index is 2.11. The third kappa shape index (κ3) is 2.50. The number of amides is 2. The molecular weight excluding hydrogens is 254 g/mol. The number of hydrogen-bond donors (Lipinski definition) is 0. The first-order valence-corrected chi connectivity index (χ1v) is 7.07. The summed E-state index contributed by atoms with van der Waals surface area (Å²) in [7, 11) is 0. The number of rotatable bonds is 3. The molecule has 0 aromatic carbocycles. The molecule has 0 spiro atoms. The van der Waals surface area contributed by atoms with Crippen LogP contribution in [0.15, 0.2) is 10.6 Å². The Morgan fingerprint density at radius 3 is 2.78 bits per heavy atom. The van der Waals surface area contributed by atoms with Gasteiger partial charge in [-0.15, -0.1) is 0 Å². The van der Waals surface area contributed by atoms with Gasteiger partial charge in [-0.05, 0) is 19.6 Å². The van der Waals surface area contributed by atoms with Crippen LogP contribution in [0, 0.1) is 6.92 Å². The normalized spacial score (nSPS) is 15.2. The van der Waals surface area contributed by atoms with Crippen LogP contribution in [0.4, 0.5) is 0 Å². The number of hydrogen-bond acceptors (Lipinski definition) is 5. The molecule has 0 saturated carbocycles. The van der Waals surface area contributed by atoms with Crippen molar-refractivity contribution in [2.45, 2.75) is 13.3 Å². The molecule has 18 heavy (non-hydrogen) atoms. The summed E-state index contributed by atoms with van der Waals surface area (Å²) in [6, 6.07) is 1.58. The summed E-state index contributed by atoms with van der Waals surface area (Å²) in [5, 5.41) is 6.65. The van der Waals surface area contributed by atoms with Gasteiger partial charge >= 0.3 is 0 Å². The molecule has 0 aliphatic carbocycles. The lowest BCUT2D eigenvalue weighted by Crippen LogP contribution is -2.45. The SMILES string of the molecule is CSCC(=O)N1CCCN1C(=O)c1cc(C)on1. The minimum atomic E-state index is -0.279. The molecule has 7 heteroatoms. The molecule has 1 aliphatic heterocycles. The van der Waals surface area contributed by atoms with Crippen LogP contribution in [-0.4, -0.2) is 52.1 Å². The Kier molecular flexibility index (Phi) is 3.90. The van der Waals surface area contributed by atoms with E-state index in [1.54, 1.807) is 13.0 Å². The van der Waals surface area contributed by atoms with Crippen molar-refractivity contribution < 1.29 is 14.1 Å². The summed E-state index contributed by atoms with van der Waals surface area (Å²) in [4.78, 5) is 24.0. The molecule has 1 aromatic rings. The monoisotopic (exact) mass is 269 g/mol. The third-order valence-corrected chi connectivity index (χ3v) is 3.20. The van der Waals surface area contributed by atoms with Gasteiger partial charge in [-0.2, -0.15) is 11.8 Å². The van der Waals surface area contributed by atoms with E-state index >= 15 is 0 Å². The highest BCUT2D eigenvalue weighted by Gasteiger charge is 2.32. The van der Waals surface area contributed by atoms with E-state index in [0.29, 0.717) is 24.6 Å². The average Bonchev–Trinajstić information content (AvgIpc) is 2.96. The van der Waals surface area contributed by atoms with Crippen LogP contribution >= 0.6 is 11.8 Å². The summed E-state index contributed by atoms with van der Waals surface area (Å²) in [6.45, 7) is 2.86. The van der Waals surface area contributed by atoms with Crippen LogP contribution in [0.25, 0.3) is 0 Å². The summed E-state index contributed by atoms with van der Waals surface area (Å²) in [6.07, 6.45) is 2.66. The lowest BCUT2D eigenvalue weighted by atomic mass is 10.3. The van der Waals surface area contributed by atoms with Gasteiger partial charge in [0, 0.05) is 19.2 Å². The number of thioether (sulfide) groups is 1. The van der Waals surface area contributed by atoms with Crippen molar-refractivity contribution in [3.63, 3.8) is 0 Å². The van der Waals surface area contributed by atoms with Crippen LogP contribution in [0.5, 0.6) is 0 Å². The summed E-state index contributed by atoms with van der Waals surface area (Å²) in [5.74, 6) is 0.633. The number of hydrazine groups is 1. The first-order valence-electron chi connectivity index (χ1n) is 5.68. The van der Waals surface area contributed by atoms with Gasteiger partial charge in [-0.3, -0.25) is 14.6 Å². The van der Waals surface area contributed by atoms with Crippen molar-refractivity contribution in [3.8, 4) is 0 Å². The Hall–Kier alpha value is -1.50. The summed E-state index contributed by atoms with van der Waals surface area (Å²) in [5.41, 5.74) is 0.247. The largest absolute Gasteiger partial charge is 0.361 e. The zero-order valence-corrected chi connectivity index (χ0v) is 11.2. The maximum Gasteiger partial charge on any atom is 0.294 e. The molecule has 0 bridgehead atoms. The Morgan fingerprint density at radius 1 is 1.44 bits per heavy atom. The van der Waals surface area contributed by atoms with Gasteiger partial charge < -0.3 is 4.52 Å². The fraction of sp³-hybridized carbons (Fsp3) is 0.545. The molecule has 0 radical (unpaired) electrons. The minimum Gasteiger partial charge on any atom is -0.361 e. The molecule has 1 aliphatic rings. The standard InChI is InChI=1S/C11H15N3O3S/c1-8-6-9(12-17-8)11(16)14-5-3-4-13(14)10(15)7-18-2/h6H,3-5,7H2,1-2H3. The zero-order valence-electron chi connectivity index (χ0n) is 10.4. The average molecular weight is 269 g/mol. The zero-order chi connectivity index (χ0) is 13.1. The van der Waals surface area contributed by atoms with E-state index < -0.39 is 0 Å². The van der Waals surface area contributed by atoms with Gasteiger partial charge in [0.15, 0.2) is 5.69 Å². The maximum atomic E-state index is 12.2. The highest BCUT2D eigenvalue weighted by Crippen LogP contribution is 2.16. The maximum absolute atomic E-state index is 12.2. The van der Waals surface area contributed by atoms with Crippen molar-refractivity contribution in [1.29, 1.82) is 0 Å². The Morgan fingerprint density at radius 2 is 2.17 bits per heavy atom. The molecule has 0 unspecified atom stereocenters. The van der Waals surface area contributed by atoms with Crippen LogP contribution in [0.1, 0.15) is 22.7 Å². The quantitative estimate of drug-likeness (QED) is 0.817. The van der Waals surface area contributed by atoms with Crippen molar-refractivity contribution in [2.75, 3.05) is 25.1 Å². The smallest absolute Gasteiger partial charge is 0.294 e. The Bertz CT molecular complexity index is 460. The lowest BCUT2D eigenvalue weighted by molar-refractivity contribution is -0.137. The molecule has 1 fully saturated rings. The summed E-state index contributed by atoms with van der Waals surface area (Å²) < 4.78 is 4.88. The van der Waals surface area contributed by atoms with Crippen LogP contribution in [0.3, 0.4) is 0 Å². The fourth-order valence-corrected chi connectivity index (χ4v) is 2.28. The van der Waals surface area contributed by atoms with Crippen LogP contribution in [0.2, 0.25) is 0 Å². The molecule has 0 N–H and O–H groups in total. The van der Waals surface area contributed by atoms with Crippen LogP contribution < -0.4 is 0 Å². The second-order valence-corrected chi connectivity index (χ2v) is 4.92. The molecule has 1 saturated heterocycles. The van der Waals surface area contributed by atoms with Crippen molar-refractivity contribution in [1.82, 2.24) is 15.2 Å². The van der Waals surface area contributed by atoms with Gasteiger partial charge in [-0.1, -0.05) is 5.16 Å². The van der Waals surface area contributed by atoms with Crippen molar-refractivity contribution in [3.05, 3.63) is 17.5 Å². The van der Waals surface area contributed by atoms with Crippen molar-refractivity contribution >= 4 is 23.6 Å². The van der Waals surface area contributed by atoms with Gasteiger partial charge in [0.05, 0.1) is 5.75 Å². The summed E-state index contributed by atoms with van der Waals surface area (Å²) >= 11 is 1.45. The minimum absolute atomic E-state index is 0.0476. The lowest BCUT2D eigenvalue weighted by Gasteiger charge is -2.26. The highest BCUT2D eigenvalue weighted by atomic mass is 32.2. The Labute approximate surface area is 109 Å². The molecule has 1 aromatic heterocycles. The highest BCUT2D eigenvalue weighted by molar-refractivity contribution is 7.99. The predicted molar refractivity (Wildman–Crippen MR) is 67.0 cm³/mol. The molecule has 6 nitrogen and oxygen atoms in total. The fourth-order valence-electron chi connectivity index (χ4n) is 1.88. The number of aryl methyl sites for hydroxylation is 1. The third-order valence-electron chi connectivity index (χ3n) is 2.67. The first-order chi connectivity index (χ1) is 8.63. The van der Waals surface area contributed by atoms with E-state index in [-0.39, 0.29) is 17.5 Å². The van der Waals surface area contributed by atoms with E-state index in [9.17, 15) is 9.59 Å². The molecule has 2 heterocycles. The molecule has 2 rings (SSSR count). The van der Waals surface area contributed by atoms with E-state index in [2.05, 4.69) is 5.16 Å². The van der Waals surface area contributed by atoms with Gasteiger partial charge in [0.1, 0.15) is 5.76 Å². The number of carbonyl (C=O) groups is 2. The van der Waals surface area contributed by atoms with Gasteiger partial charge in [-0.25, -0.2) is 5.01 Å². The van der Waals surface area contributed by atoms with E-state index in [1.807, 2.05) is 6.26 Å². The van der Waals surface area contributed by atoms with E-state index in [0.717, 1.165) is 6.42 Å². The van der Waals surface area contributed by atoms with E-state index in [1.165, 1.54) is 21.8 Å². The topological polar surface area (TPSA) is 66.7 Å². The van der Waals surface area contributed by atoms with Crippen molar-refractivity contribution in [2.24, 2.45) is 0 Å². The molecule has 0 atom stereocenters. The second kappa shape index (κ2) is 5.43. The predicted octanol–water partition coefficient (Wildman–Crippen LogP) is 0.936. The first kappa shape index (κ1) is 12.9. The number of nitrogens with zero attached hydrogens (tertiary/aromatic N) is 3. The number of aromatic nitrogens is 1. The van der Waals surface area contributed by atoms with Gasteiger partial charge in [0.2, 0.25) is 0 Å². The van der Waals surface area contributed by atoms with Gasteiger partial charge in [0.25, 0.3) is 11.8 Å².